The number of rotatable bonds is 12. The minimum atomic E-state index is -3.93. The minimum Gasteiger partial charge on any atom is -0.395 e. The zero-order valence-electron chi connectivity index (χ0n) is 24.4. The van der Waals surface area contributed by atoms with Gasteiger partial charge in [0.15, 0.2) is 18.7 Å². The molecule has 0 bridgehead atoms. The van der Waals surface area contributed by atoms with E-state index >= 15 is 0 Å². The molecular formula is C25H49F2N5O11. The number of alkyl halides is 2. The van der Waals surface area contributed by atoms with Crippen molar-refractivity contribution >= 4 is 5.91 Å². The predicted octanol–water partition coefficient (Wildman–Crippen LogP) is -4.83. The number of amides is 1. The Kier molecular flexibility index (Phi) is 14.9. The highest BCUT2D eigenvalue weighted by atomic mass is 19.3. The van der Waals surface area contributed by atoms with Crippen molar-refractivity contribution in [2.75, 3.05) is 39.9 Å². The number of aliphatic hydroxyl groups is 6. The van der Waals surface area contributed by atoms with E-state index in [9.17, 15) is 39.1 Å². The predicted molar refractivity (Wildman–Crippen MR) is 145 cm³/mol. The molecule has 0 aromatic rings. The average Bonchev–Trinajstić information content (AvgIpc) is 2.94. The van der Waals surface area contributed by atoms with Crippen LogP contribution in [-0.4, -0.2) is 155 Å². The molecule has 8 unspecified atom stereocenters. The van der Waals surface area contributed by atoms with E-state index in [0.717, 1.165) is 0 Å². The number of carbonyl (C=O) groups excluding carboxylic acids is 1. The lowest BCUT2D eigenvalue weighted by molar-refractivity contribution is -0.303. The summed E-state index contributed by atoms with van der Waals surface area (Å²) in [5.74, 6) is -5.42. The topological polar surface area (TPSA) is 277 Å². The van der Waals surface area contributed by atoms with Crippen LogP contribution in [-0.2, 0) is 23.7 Å². The summed E-state index contributed by atoms with van der Waals surface area (Å²) in [4.78, 5) is 12.5. The third kappa shape index (κ3) is 10.7. The maximum Gasteiger partial charge on any atom is 0.294 e. The average molecular weight is 634 g/mol. The Balaban J connectivity index is 0.00000316. The van der Waals surface area contributed by atoms with Crippen molar-refractivity contribution in [1.29, 1.82) is 0 Å². The molecule has 2 aliphatic heterocycles. The number of aliphatic hydroxyl groups excluding tert-OH is 5. The van der Waals surface area contributed by atoms with Crippen molar-refractivity contribution in [2.45, 2.75) is 112 Å². The van der Waals surface area contributed by atoms with Gasteiger partial charge >= 0.3 is 0 Å². The number of halogens is 2. The van der Waals surface area contributed by atoms with Crippen LogP contribution in [0.3, 0.4) is 0 Å². The maximum atomic E-state index is 13.9. The van der Waals surface area contributed by atoms with E-state index in [1.54, 1.807) is 0 Å². The van der Waals surface area contributed by atoms with Gasteiger partial charge in [-0.15, -0.1) is 0 Å². The fourth-order valence-electron chi connectivity index (χ4n) is 5.25. The minimum absolute atomic E-state index is 0.0536. The summed E-state index contributed by atoms with van der Waals surface area (Å²) in [6, 6.07) is -2.25. The molecule has 0 radical (unpaired) electrons. The van der Waals surface area contributed by atoms with Gasteiger partial charge in [0.25, 0.3) is 11.8 Å². The molecule has 2 saturated heterocycles. The Morgan fingerprint density at radius 1 is 1.16 bits per heavy atom. The van der Waals surface area contributed by atoms with Crippen LogP contribution in [0.5, 0.6) is 0 Å². The lowest BCUT2D eigenvalue weighted by atomic mass is 9.83. The van der Waals surface area contributed by atoms with Gasteiger partial charge in [0.2, 0.25) is 0 Å². The van der Waals surface area contributed by atoms with Crippen molar-refractivity contribution in [3.05, 3.63) is 0 Å². The van der Waals surface area contributed by atoms with Crippen LogP contribution in [0.15, 0.2) is 0 Å². The Morgan fingerprint density at radius 3 is 2.44 bits per heavy atom. The van der Waals surface area contributed by atoms with Gasteiger partial charge in [-0.2, -0.15) is 0 Å². The van der Waals surface area contributed by atoms with Gasteiger partial charge in [-0.1, -0.05) is 0 Å². The van der Waals surface area contributed by atoms with Crippen LogP contribution in [0.2, 0.25) is 0 Å². The molecule has 3 fully saturated rings. The highest BCUT2D eigenvalue weighted by molar-refractivity contribution is 5.82. The fraction of sp³-hybridized carbons (Fsp3) is 0.960. The molecule has 0 spiro atoms. The highest BCUT2D eigenvalue weighted by Crippen LogP contribution is 2.32. The summed E-state index contributed by atoms with van der Waals surface area (Å²) >= 11 is 0. The van der Waals surface area contributed by atoms with Gasteiger partial charge in [-0.25, -0.2) is 8.78 Å². The Hall–Kier alpha value is -1.23. The molecule has 1 saturated carbocycles. The lowest BCUT2D eigenvalue weighted by Gasteiger charge is -2.47. The highest BCUT2D eigenvalue weighted by Gasteiger charge is 2.51. The molecule has 43 heavy (non-hydrogen) atoms. The van der Waals surface area contributed by atoms with E-state index in [-0.39, 0.29) is 32.5 Å². The summed E-state index contributed by atoms with van der Waals surface area (Å²) in [6.07, 6.45) is -12.1. The summed E-state index contributed by atoms with van der Waals surface area (Å²) in [6.45, 7) is 0.460. The van der Waals surface area contributed by atoms with E-state index in [2.05, 4.69) is 16.4 Å². The Morgan fingerprint density at radius 2 is 1.84 bits per heavy atom. The maximum absolute atomic E-state index is 13.9. The third-order valence-corrected chi connectivity index (χ3v) is 7.39. The number of hydrogen-bond acceptors (Lipinski definition) is 15. The van der Waals surface area contributed by atoms with E-state index in [1.165, 1.54) is 14.0 Å². The molecule has 0 aromatic carbocycles. The van der Waals surface area contributed by atoms with Crippen molar-refractivity contribution in [3.8, 4) is 0 Å². The monoisotopic (exact) mass is 633 g/mol. The Bertz CT molecular complexity index is 851. The first kappa shape index (κ1) is 38.0. The molecule has 3 rings (SSSR count). The first-order chi connectivity index (χ1) is 20.2. The van der Waals surface area contributed by atoms with Crippen LogP contribution in [0.25, 0.3) is 0 Å². The summed E-state index contributed by atoms with van der Waals surface area (Å²) in [5, 5.41) is 66.3. The van der Waals surface area contributed by atoms with E-state index in [0.29, 0.717) is 19.5 Å². The molecule has 1 aliphatic carbocycles. The SMILES string of the molecule is CN.C[C@]1(O)COC(O[C@H]2C(NC(=O)C(O)C(F)(F)CN)CC(N)[C@@H](O[C@@H]3CC(O)CC(CNCCO)O3)C2O)C(O)C1. The Labute approximate surface area is 248 Å². The quantitative estimate of drug-likeness (QED) is 0.0899. The zero-order chi connectivity index (χ0) is 32.5. The van der Waals surface area contributed by atoms with Gasteiger partial charge in [0, 0.05) is 38.4 Å². The second-order valence-corrected chi connectivity index (χ2v) is 11.3. The van der Waals surface area contributed by atoms with Crippen LogP contribution in [0, 0.1) is 0 Å². The molecule has 0 aromatic heterocycles. The standard InChI is InChI=1S/C24H44F2N4O11.CH5N/c1-23(37)7-15(33)22(38-10-23)41-19-14(30-21(36)20(35)24(25,26)9-27)6-13(28)18(17(19)34)40-16-5-11(32)4-12(39-16)8-29-2-3-31;1-2/h11-20,22,29,31-35,37H,2-10,27-28H2,1H3,(H,30,36);2H2,1H3/t11?,12?,13?,14?,15?,16-,17?,18-,19+,20?,22?,23-;/m1./s1. The summed E-state index contributed by atoms with van der Waals surface area (Å²) < 4.78 is 50.9. The molecular weight excluding hydrogens is 584 g/mol. The van der Waals surface area contributed by atoms with Gasteiger partial charge < -0.3 is 77.4 Å². The van der Waals surface area contributed by atoms with Crippen molar-refractivity contribution in [2.24, 2.45) is 17.2 Å². The molecule has 2 heterocycles. The van der Waals surface area contributed by atoms with Crippen LogP contribution in [0.1, 0.15) is 32.6 Å². The number of nitrogens with two attached hydrogens (primary N) is 3. The third-order valence-electron chi connectivity index (χ3n) is 7.39. The second kappa shape index (κ2) is 16.9. The molecule has 254 valence electrons. The van der Waals surface area contributed by atoms with Crippen LogP contribution >= 0.6 is 0 Å². The van der Waals surface area contributed by atoms with Gasteiger partial charge in [-0.05, 0) is 20.4 Å². The first-order valence-electron chi connectivity index (χ1n) is 14.2. The van der Waals surface area contributed by atoms with Crippen molar-refractivity contribution in [3.63, 3.8) is 0 Å². The number of nitrogens with one attached hydrogen (secondary N) is 2. The molecule has 14 N–H and O–H groups in total. The smallest absolute Gasteiger partial charge is 0.294 e. The van der Waals surface area contributed by atoms with Gasteiger partial charge in [0.1, 0.15) is 24.4 Å². The van der Waals surface area contributed by atoms with E-state index < -0.39 is 91.4 Å². The van der Waals surface area contributed by atoms with Gasteiger partial charge in [-0.3, -0.25) is 4.79 Å². The molecule has 16 nitrogen and oxygen atoms in total. The number of carbonyl (C=O) groups is 1. The summed E-state index contributed by atoms with van der Waals surface area (Å²) in [7, 11) is 1.50. The molecule has 12 atom stereocenters. The van der Waals surface area contributed by atoms with Crippen LogP contribution < -0.4 is 27.8 Å². The van der Waals surface area contributed by atoms with Crippen LogP contribution in [0.4, 0.5) is 8.78 Å². The normalized spacial score (nSPS) is 39.4. The first-order valence-corrected chi connectivity index (χ1v) is 14.2. The van der Waals surface area contributed by atoms with Gasteiger partial charge in [0.05, 0.1) is 43.6 Å². The zero-order valence-corrected chi connectivity index (χ0v) is 24.4. The van der Waals surface area contributed by atoms with Crippen molar-refractivity contribution < 1.29 is 63.2 Å². The molecule has 3 aliphatic rings. The number of ether oxygens (including phenoxy) is 4. The largest absolute Gasteiger partial charge is 0.395 e. The lowest BCUT2D eigenvalue weighted by Crippen LogP contribution is -2.67. The summed E-state index contributed by atoms with van der Waals surface area (Å²) in [5.41, 5.74) is 14.4. The van der Waals surface area contributed by atoms with E-state index in [1.807, 2.05) is 0 Å². The van der Waals surface area contributed by atoms with E-state index in [4.69, 9.17) is 35.5 Å². The fourth-order valence-corrected chi connectivity index (χ4v) is 5.25. The number of hydrogen-bond donors (Lipinski definition) is 11. The molecule has 18 heteroatoms. The second-order valence-electron chi connectivity index (χ2n) is 11.3. The molecule has 1 amide bonds. The van der Waals surface area contributed by atoms with Crippen molar-refractivity contribution in [1.82, 2.24) is 10.6 Å².